The van der Waals surface area contributed by atoms with E-state index in [9.17, 15) is 23.1 Å². The molecule has 0 bridgehead atoms. The molecule has 1 aromatic heterocycles. The first-order chi connectivity index (χ1) is 18.2. The lowest BCUT2D eigenvalue weighted by atomic mass is 9.68. The van der Waals surface area contributed by atoms with Crippen LogP contribution >= 0.6 is 0 Å². The third-order valence-corrected chi connectivity index (χ3v) is 8.13. The van der Waals surface area contributed by atoms with Crippen molar-refractivity contribution >= 4 is 5.97 Å². The molecule has 1 unspecified atom stereocenters. The third kappa shape index (κ3) is 4.64. The van der Waals surface area contributed by atoms with Gasteiger partial charge in [-0.05, 0) is 29.2 Å². The van der Waals surface area contributed by atoms with Crippen LogP contribution in [0.25, 0.3) is 0 Å². The molecule has 3 heterocycles. The third-order valence-electron chi connectivity index (χ3n) is 8.13. The SMILES string of the molecule is CC(=O)O[C@@H]1c2nc(C(C)C)c3c(c2C([O-])CC1(C)C)C1(CCOCC1)O[C@@H]3c1ccc(C(F)(F)F)cc1F. The Hall–Kier alpha value is -2.56. The molecule has 6 nitrogen and oxygen atoms in total. The average molecular weight is 551 g/mol. The van der Waals surface area contributed by atoms with Crippen LogP contribution in [0.15, 0.2) is 18.2 Å². The van der Waals surface area contributed by atoms with Gasteiger partial charge in [-0.1, -0.05) is 46.3 Å². The number of nitrogens with zero attached hydrogens (tertiary/aromatic N) is 1. The first kappa shape index (κ1) is 28.0. The number of rotatable bonds is 3. The van der Waals surface area contributed by atoms with Crippen molar-refractivity contribution in [2.45, 2.75) is 89.9 Å². The van der Waals surface area contributed by atoms with Gasteiger partial charge in [-0.15, -0.1) is 0 Å². The maximum Gasteiger partial charge on any atom is 0.416 e. The van der Waals surface area contributed by atoms with Gasteiger partial charge >= 0.3 is 12.1 Å². The van der Waals surface area contributed by atoms with Gasteiger partial charge in [-0.25, -0.2) is 4.39 Å². The first-order valence-corrected chi connectivity index (χ1v) is 13.2. The van der Waals surface area contributed by atoms with Crippen LogP contribution < -0.4 is 5.11 Å². The van der Waals surface area contributed by atoms with Gasteiger partial charge < -0.3 is 19.3 Å². The fourth-order valence-electron chi connectivity index (χ4n) is 6.36. The molecule has 10 heteroatoms. The number of aromatic nitrogens is 1. The van der Waals surface area contributed by atoms with Crippen molar-refractivity contribution in [1.82, 2.24) is 4.98 Å². The van der Waals surface area contributed by atoms with Gasteiger partial charge in [-0.2, -0.15) is 13.2 Å². The van der Waals surface area contributed by atoms with Gasteiger partial charge in [0.15, 0.2) is 0 Å². The Morgan fingerprint density at radius 1 is 1.18 bits per heavy atom. The Morgan fingerprint density at radius 3 is 2.41 bits per heavy atom. The lowest BCUT2D eigenvalue weighted by Crippen LogP contribution is -2.42. The number of carbonyl (C=O) groups excluding carboxylic acids is 1. The van der Waals surface area contributed by atoms with E-state index < -0.39 is 52.9 Å². The summed E-state index contributed by atoms with van der Waals surface area (Å²) >= 11 is 0. The highest BCUT2D eigenvalue weighted by Crippen LogP contribution is 2.59. The number of esters is 1. The maximum atomic E-state index is 15.4. The topological polar surface area (TPSA) is 80.7 Å². The number of fused-ring (bicyclic) bond motifs is 4. The van der Waals surface area contributed by atoms with E-state index in [-0.39, 0.29) is 17.9 Å². The van der Waals surface area contributed by atoms with Crippen molar-refractivity contribution in [3.63, 3.8) is 0 Å². The molecule has 0 amide bonds. The second-order valence-electron chi connectivity index (χ2n) is 11.7. The Kier molecular flexibility index (Phi) is 6.83. The van der Waals surface area contributed by atoms with Crippen molar-refractivity contribution in [3.05, 3.63) is 63.2 Å². The van der Waals surface area contributed by atoms with E-state index in [4.69, 9.17) is 19.2 Å². The monoisotopic (exact) mass is 550 g/mol. The smallest absolute Gasteiger partial charge is 0.416 e. The first-order valence-electron chi connectivity index (χ1n) is 13.2. The highest BCUT2D eigenvalue weighted by Gasteiger charge is 2.53. The largest absolute Gasteiger partial charge is 0.848 e. The number of ether oxygens (including phenoxy) is 3. The van der Waals surface area contributed by atoms with Gasteiger partial charge in [0, 0.05) is 55.2 Å². The van der Waals surface area contributed by atoms with E-state index in [0.29, 0.717) is 60.2 Å². The quantitative estimate of drug-likeness (QED) is 0.349. The van der Waals surface area contributed by atoms with E-state index in [1.165, 1.54) is 6.92 Å². The minimum Gasteiger partial charge on any atom is -0.848 e. The second-order valence-corrected chi connectivity index (χ2v) is 11.7. The van der Waals surface area contributed by atoms with Crippen LogP contribution in [-0.2, 0) is 30.8 Å². The summed E-state index contributed by atoms with van der Waals surface area (Å²) in [4.78, 5) is 17.0. The summed E-state index contributed by atoms with van der Waals surface area (Å²) < 4.78 is 73.3. The summed E-state index contributed by atoms with van der Waals surface area (Å²) in [7, 11) is 0. The molecule has 0 radical (unpaired) electrons. The van der Waals surface area contributed by atoms with Crippen molar-refractivity contribution < 1.29 is 41.7 Å². The number of hydrogen-bond donors (Lipinski definition) is 0. The zero-order chi connectivity index (χ0) is 28.5. The van der Waals surface area contributed by atoms with Gasteiger partial charge in [0.05, 0.1) is 16.9 Å². The molecule has 1 fully saturated rings. The zero-order valence-corrected chi connectivity index (χ0v) is 22.6. The number of alkyl halides is 3. The molecule has 2 aromatic rings. The molecule has 2 aliphatic heterocycles. The molecule has 0 N–H and O–H groups in total. The van der Waals surface area contributed by atoms with Crippen LogP contribution in [0.1, 0.15) is 117 Å². The van der Waals surface area contributed by atoms with Crippen LogP contribution in [-0.4, -0.2) is 24.2 Å². The molecule has 39 heavy (non-hydrogen) atoms. The van der Waals surface area contributed by atoms with Crippen LogP contribution in [0.2, 0.25) is 0 Å². The molecule has 212 valence electrons. The lowest BCUT2D eigenvalue weighted by molar-refractivity contribution is -0.436. The van der Waals surface area contributed by atoms with Gasteiger partial charge in [0.1, 0.15) is 18.0 Å². The summed E-state index contributed by atoms with van der Waals surface area (Å²) in [5.41, 5.74) is -0.422. The van der Waals surface area contributed by atoms with Crippen LogP contribution in [0, 0.1) is 11.2 Å². The Bertz CT molecular complexity index is 1300. The fourth-order valence-corrected chi connectivity index (χ4v) is 6.36. The summed E-state index contributed by atoms with van der Waals surface area (Å²) in [6, 6.07) is 2.42. The normalized spacial score (nSPS) is 25.5. The van der Waals surface area contributed by atoms with Gasteiger partial charge in [-0.3, -0.25) is 9.78 Å². The van der Waals surface area contributed by atoms with E-state index in [1.54, 1.807) is 0 Å². The predicted octanol–water partition coefficient (Wildman–Crippen LogP) is 5.92. The van der Waals surface area contributed by atoms with Crippen molar-refractivity contribution in [2.24, 2.45) is 5.41 Å². The van der Waals surface area contributed by atoms with E-state index in [1.807, 2.05) is 27.7 Å². The molecule has 1 spiro atoms. The van der Waals surface area contributed by atoms with Crippen LogP contribution in [0.5, 0.6) is 0 Å². The average Bonchev–Trinajstić information content (AvgIpc) is 3.14. The Balaban J connectivity index is 1.81. The molecule has 0 saturated carbocycles. The minimum atomic E-state index is -4.70. The van der Waals surface area contributed by atoms with E-state index in [0.717, 1.165) is 12.1 Å². The molecule has 5 rings (SSSR count). The lowest BCUT2D eigenvalue weighted by Gasteiger charge is -2.47. The van der Waals surface area contributed by atoms with Crippen molar-refractivity contribution in [1.29, 1.82) is 0 Å². The highest BCUT2D eigenvalue weighted by atomic mass is 19.4. The van der Waals surface area contributed by atoms with Gasteiger partial charge in [0.2, 0.25) is 0 Å². The molecule has 3 aliphatic rings. The molecule has 1 aromatic carbocycles. The molecular weight excluding hydrogens is 518 g/mol. The molecule has 1 aliphatic carbocycles. The fraction of sp³-hybridized carbons (Fsp3) is 0.586. The van der Waals surface area contributed by atoms with Gasteiger partial charge in [0.25, 0.3) is 0 Å². The van der Waals surface area contributed by atoms with E-state index >= 15 is 4.39 Å². The number of benzene rings is 1. The molecular formula is C29H32F4NO5-. The zero-order valence-electron chi connectivity index (χ0n) is 22.6. The maximum absolute atomic E-state index is 15.4. The summed E-state index contributed by atoms with van der Waals surface area (Å²) in [5.74, 6) is -1.76. The second kappa shape index (κ2) is 9.52. The summed E-state index contributed by atoms with van der Waals surface area (Å²) in [6.07, 6.45) is -6.85. The Morgan fingerprint density at radius 2 is 1.85 bits per heavy atom. The summed E-state index contributed by atoms with van der Waals surface area (Å²) in [6.45, 7) is 9.48. The van der Waals surface area contributed by atoms with E-state index in [2.05, 4.69) is 0 Å². The summed E-state index contributed by atoms with van der Waals surface area (Å²) in [5, 5.41) is 13.9. The minimum absolute atomic E-state index is 0.0496. The van der Waals surface area contributed by atoms with Crippen LogP contribution in [0.4, 0.5) is 17.6 Å². The number of carbonyl (C=O) groups is 1. The standard InChI is InChI=1S/C29H32F4NO5/c1-14(2)23-21-22(20-19(36)13-27(4,5)26(24(20)34-23)38-15(3)35)28(8-10-37-11-9-28)39-25(21)17-7-6-16(12-18(17)30)29(31,32)33/h6-7,12,14,19,25-26H,8-11,13H2,1-5H3/q-1/t19?,25-,26-/m1/s1. The number of pyridine rings is 1. The molecule has 3 atom stereocenters. The van der Waals surface area contributed by atoms with Crippen LogP contribution in [0.3, 0.4) is 0 Å². The van der Waals surface area contributed by atoms with Crippen molar-refractivity contribution in [2.75, 3.05) is 13.2 Å². The highest BCUT2D eigenvalue weighted by molar-refractivity contribution is 5.67. The molecule has 1 saturated heterocycles. The van der Waals surface area contributed by atoms with Crippen molar-refractivity contribution in [3.8, 4) is 0 Å². The number of hydrogen-bond acceptors (Lipinski definition) is 6. The number of halogens is 4. The Labute approximate surface area is 224 Å². The predicted molar refractivity (Wildman–Crippen MR) is 130 cm³/mol.